The van der Waals surface area contributed by atoms with Crippen LogP contribution >= 0.6 is 0 Å². The van der Waals surface area contributed by atoms with Crippen LogP contribution in [0.25, 0.3) is 0 Å². The van der Waals surface area contributed by atoms with Crippen molar-refractivity contribution in [3.8, 4) is 0 Å². The maximum absolute atomic E-state index is 5.74. The summed E-state index contributed by atoms with van der Waals surface area (Å²) in [4.78, 5) is 0. The van der Waals surface area contributed by atoms with E-state index in [4.69, 9.17) is 14.2 Å². The molecular formula is C21H38O3. The van der Waals surface area contributed by atoms with Crippen LogP contribution in [-0.4, -0.2) is 5.97 Å². The third-order valence-electron chi connectivity index (χ3n) is 3.08. The Morgan fingerprint density at radius 1 is 0.667 bits per heavy atom. The predicted octanol–water partition coefficient (Wildman–Crippen LogP) is 7.23. The van der Waals surface area contributed by atoms with E-state index < -0.39 is 5.97 Å². The van der Waals surface area contributed by atoms with Crippen molar-refractivity contribution >= 4 is 0 Å². The van der Waals surface area contributed by atoms with E-state index in [-0.39, 0.29) is 0 Å². The normalized spacial score (nSPS) is 10.2. The molecule has 0 bridgehead atoms. The zero-order valence-electron chi connectivity index (χ0n) is 16.4. The van der Waals surface area contributed by atoms with Crippen LogP contribution in [0.15, 0.2) is 50.2 Å². The van der Waals surface area contributed by atoms with Crippen LogP contribution in [0.4, 0.5) is 0 Å². The van der Waals surface area contributed by atoms with Gasteiger partial charge in [0, 0.05) is 0 Å². The minimum atomic E-state index is -1.19. The highest BCUT2D eigenvalue weighted by atomic mass is 16.9. The smallest absolute Gasteiger partial charge is 0.416 e. The third kappa shape index (κ3) is 14.0. The Kier molecular flexibility index (Phi) is 15.3. The monoisotopic (exact) mass is 338 g/mol. The summed E-state index contributed by atoms with van der Waals surface area (Å²) in [5, 5.41) is 0. The first-order valence-corrected chi connectivity index (χ1v) is 8.85. The maximum Gasteiger partial charge on any atom is 0.416 e. The first-order chi connectivity index (χ1) is 11.3. The molecule has 0 heterocycles. The number of ether oxygens (including phenoxy) is 3. The molecule has 0 aromatic rings. The van der Waals surface area contributed by atoms with Crippen LogP contribution in [0.5, 0.6) is 0 Å². The molecule has 0 saturated carbocycles. The number of hydrogen-bond donors (Lipinski definition) is 0. The average molecular weight is 339 g/mol. The van der Waals surface area contributed by atoms with Crippen molar-refractivity contribution < 1.29 is 14.2 Å². The van der Waals surface area contributed by atoms with Crippen molar-refractivity contribution in [2.45, 2.75) is 85.0 Å². The quantitative estimate of drug-likeness (QED) is 0.145. The largest absolute Gasteiger partial charge is 0.426 e. The molecule has 0 aliphatic rings. The minimum Gasteiger partial charge on any atom is -0.426 e. The van der Waals surface area contributed by atoms with Gasteiger partial charge < -0.3 is 14.2 Å². The van der Waals surface area contributed by atoms with Gasteiger partial charge in [0.2, 0.25) is 0 Å². The van der Waals surface area contributed by atoms with E-state index in [1.807, 2.05) is 0 Å². The number of rotatable bonds is 14. The van der Waals surface area contributed by atoms with Gasteiger partial charge in [-0.25, -0.2) is 0 Å². The molecule has 3 heteroatoms. The van der Waals surface area contributed by atoms with Gasteiger partial charge in [-0.15, -0.1) is 13.2 Å². The Morgan fingerprint density at radius 2 is 1.00 bits per heavy atom. The second-order valence-corrected chi connectivity index (χ2v) is 5.97. The van der Waals surface area contributed by atoms with Crippen LogP contribution in [0.2, 0.25) is 0 Å². The zero-order valence-corrected chi connectivity index (χ0v) is 16.4. The van der Waals surface area contributed by atoms with Gasteiger partial charge in [-0.05, 0) is 27.2 Å². The fraction of sp³-hybridized carbons (Fsp3) is 0.619. The molecule has 3 nitrogen and oxygen atoms in total. The Labute approximate surface area is 150 Å². The maximum atomic E-state index is 5.74. The highest BCUT2D eigenvalue weighted by Gasteiger charge is 2.37. The Balaban J connectivity index is 0. The van der Waals surface area contributed by atoms with Crippen molar-refractivity contribution in [1.82, 2.24) is 0 Å². The molecule has 24 heavy (non-hydrogen) atoms. The molecule has 0 amide bonds. The summed E-state index contributed by atoms with van der Waals surface area (Å²) in [6.45, 7) is 24.9. The van der Waals surface area contributed by atoms with Gasteiger partial charge in [0.05, 0.1) is 23.7 Å². The molecule has 0 aliphatic carbocycles. The first kappa shape index (κ1) is 24.6. The molecule has 0 unspecified atom stereocenters. The van der Waals surface area contributed by atoms with Gasteiger partial charge in [0.25, 0.3) is 0 Å². The summed E-state index contributed by atoms with van der Waals surface area (Å²) in [6, 6.07) is 0. The van der Waals surface area contributed by atoms with E-state index >= 15 is 0 Å². The minimum absolute atomic E-state index is 0.547. The Morgan fingerprint density at radius 3 is 1.33 bits per heavy atom. The van der Waals surface area contributed by atoms with E-state index in [1.165, 1.54) is 32.1 Å². The lowest BCUT2D eigenvalue weighted by atomic mass is 10.1. The van der Waals surface area contributed by atoms with E-state index in [0.29, 0.717) is 23.7 Å². The summed E-state index contributed by atoms with van der Waals surface area (Å²) < 4.78 is 17.2. The molecule has 0 rings (SSSR count). The molecule has 0 aromatic carbocycles. The Bertz CT molecular complexity index is 330. The van der Waals surface area contributed by atoms with Gasteiger partial charge in [-0.3, -0.25) is 0 Å². The van der Waals surface area contributed by atoms with E-state index in [0.717, 1.165) is 12.8 Å². The van der Waals surface area contributed by atoms with Crippen molar-refractivity contribution in [3.63, 3.8) is 0 Å². The molecule has 0 fully saturated rings. The standard InChI is InChI=1S/C19H34O3.C2H4/c1-8-9-10-11-12-13-14-15-19(20-16(2)3,21-17(4)5)22-18(6)7;1-2/h2,4,6,8-15H2,1,3,5,7H3;1-2H2. The predicted molar refractivity (Wildman–Crippen MR) is 104 cm³/mol. The van der Waals surface area contributed by atoms with Gasteiger partial charge in [0.1, 0.15) is 0 Å². The van der Waals surface area contributed by atoms with Crippen LogP contribution in [-0.2, 0) is 14.2 Å². The average Bonchev–Trinajstić information content (AvgIpc) is 2.46. The van der Waals surface area contributed by atoms with Crippen LogP contribution in [0.3, 0.4) is 0 Å². The lowest BCUT2D eigenvalue weighted by Crippen LogP contribution is -2.37. The zero-order chi connectivity index (χ0) is 19.0. The van der Waals surface area contributed by atoms with E-state index in [2.05, 4.69) is 39.8 Å². The SMILES string of the molecule is C=C.C=C(C)OC(CCCCCCCCC)(OC(=C)C)OC(=C)C. The van der Waals surface area contributed by atoms with Gasteiger partial charge >= 0.3 is 5.97 Å². The molecule has 0 atom stereocenters. The number of hydrogen-bond acceptors (Lipinski definition) is 3. The third-order valence-corrected chi connectivity index (χ3v) is 3.08. The van der Waals surface area contributed by atoms with Crippen molar-refractivity contribution in [3.05, 3.63) is 50.2 Å². The molecule has 0 aromatic heterocycles. The highest BCUT2D eigenvalue weighted by molar-refractivity contribution is 4.86. The number of allylic oxidation sites excluding steroid dienone is 3. The second kappa shape index (κ2) is 14.9. The molecule has 140 valence electrons. The van der Waals surface area contributed by atoms with Crippen molar-refractivity contribution in [2.24, 2.45) is 0 Å². The van der Waals surface area contributed by atoms with Crippen LogP contribution in [0.1, 0.15) is 79.1 Å². The molecule has 0 aliphatic heterocycles. The van der Waals surface area contributed by atoms with Crippen molar-refractivity contribution in [2.75, 3.05) is 0 Å². The Hall–Kier alpha value is -1.64. The van der Waals surface area contributed by atoms with E-state index in [9.17, 15) is 0 Å². The van der Waals surface area contributed by atoms with Crippen molar-refractivity contribution in [1.29, 1.82) is 0 Å². The molecule has 0 radical (unpaired) electrons. The summed E-state index contributed by atoms with van der Waals surface area (Å²) in [5.74, 6) is 0.453. The summed E-state index contributed by atoms with van der Waals surface area (Å²) in [7, 11) is 0. The first-order valence-electron chi connectivity index (χ1n) is 8.85. The fourth-order valence-corrected chi connectivity index (χ4v) is 2.31. The second-order valence-electron chi connectivity index (χ2n) is 5.97. The topological polar surface area (TPSA) is 27.7 Å². The summed E-state index contributed by atoms with van der Waals surface area (Å²) in [5.41, 5.74) is 0. The summed E-state index contributed by atoms with van der Waals surface area (Å²) >= 11 is 0. The van der Waals surface area contributed by atoms with Gasteiger partial charge in [-0.2, -0.15) is 0 Å². The highest BCUT2D eigenvalue weighted by Crippen LogP contribution is 2.30. The number of unbranched alkanes of at least 4 members (excludes halogenated alkanes) is 6. The van der Waals surface area contributed by atoms with E-state index in [1.54, 1.807) is 20.8 Å². The van der Waals surface area contributed by atoms with Gasteiger partial charge in [-0.1, -0.05) is 65.2 Å². The molecule has 0 spiro atoms. The summed E-state index contributed by atoms with van der Waals surface area (Å²) in [6.07, 6.45) is 9.12. The van der Waals surface area contributed by atoms with Crippen LogP contribution < -0.4 is 0 Å². The van der Waals surface area contributed by atoms with Gasteiger partial charge in [0.15, 0.2) is 0 Å². The fourth-order valence-electron chi connectivity index (χ4n) is 2.31. The lowest BCUT2D eigenvalue weighted by Gasteiger charge is -2.34. The molecule has 0 saturated heterocycles. The van der Waals surface area contributed by atoms with Crippen LogP contribution in [0, 0.1) is 0 Å². The molecular weight excluding hydrogens is 300 g/mol. The molecule has 0 N–H and O–H groups in total. The lowest BCUT2D eigenvalue weighted by molar-refractivity contribution is -0.338.